The van der Waals surface area contributed by atoms with Crippen LogP contribution in [0.5, 0.6) is 5.75 Å². The van der Waals surface area contributed by atoms with Gasteiger partial charge in [0.1, 0.15) is 11.6 Å². The summed E-state index contributed by atoms with van der Waals surface area (Å²) in [5.41, 5.74) is 3.29. The number of nitrogens with zero attached hydrogens (tertiary/aromatic N) is 2. The maximum atomic E-state index is 5.37. The SMILES string of the molecule is COc1cccc(-c2nc(C3CCCNC3)n3ccccc23)c1. The predicted octanol–water partition coefficient (Wildman–Crippen LogP) is 3.48. The summed E-state index contributed by atoms with van der Waals surface area (Å²) in [4.78, 5) is 5.03. The number of piperidine rings is 1. The van der Waals surface area contributed by atoms with E-state index >= 15 is 0 Å². The number of ether oxygens (including phenoxy) is 1. The first kappa shape index (κ1) is 14.3. The molecule has 1 fully saturated rings. The van der Waals surface area contributed by atoms with Gasteiger partial charge in [0, 0.05) is 24.2 Å². The Labute approximate surface area is 136 Å². The van der Waals surface area contributed by atoms with Crippen molar-refractivity contribution in [2.45, 2.75) is 18.8 Å². The summed E-state index contributed by atoms with van der Waals surface area (Å²) in [7, 11) is 1.70. The summed E-state index contributed by atoms with van der Waals surface area (Å²) < 4.78 is 7.61. The monoisotopic (exact) mass is 307 g/mol. The maximum absolute atomic E-state index is 5.37. The third-order valence-electron chi connectivity index (χ3n) is 4.58. The summed E-state index contributed by atoms with van der Waals surface area (Å²) in [6.07, 6.45) is 4.52. The Bertz CT molecular complexity index is 818. The van der Waals surface area contributed by atoms with Gasteiger partial charge in [-0.05, 0) is 43.7 Å². The summed E-state index contributed by atoms with van der Waals surface area (Å²) >= 11 is 0. The molecule has 1 unspecified atom stereocenters. The van der Waals surface area contributed by atoms with E-state index in [0.717, 1.165) is 41.4 Å². The Morgan fingerprint density at radius 1 is 1.22 bits per heavy atom. The van der Waals surface area contributed by atoms with Crippen LogP contribution in [0.3, 0.4) is 0 Å². The molecule has 1 saturated heterocycles. The molecule has 0 amide bonds. The van der Waals surface area contributed by atoms with Crippen LogP contribution in [-0.2, 0) is 0 Å². The van der Waals surface area contributed by atoms with E-state index in [4.69, 9.17) is 9.72 Å². The smallest absolute Gasteiger partial charge is 0.119 e. The van der Waals surface area contributed by atoms with E-state index in [-0.39, 0.29) is 0 Å². The van der Waals surface area contributed by atoms with Gasteiger partial charge in [0.05, 0.1) is 18.3 Å². The molecule has 0 bridgehead atoms. The molecule has 1 aromatic carbocycles. The van der Waals surface area contributed by atoms with Crippen molar-refractivity contribution in [3.05, 3.63) is 54.5 Å². The lowest BCUT2D eigenvalue weighted by molar-refractivity contribution is 0.415. The number of aromatic nitrogens is 2. The molecule has 4 rings (SSSR count). The number of benzene rings is 1. The summed E-state index contributed by atoms with van der Waals surface area (Å²) in [6.45, 7) is 2.12. The number of hydrogen-bond acceptors (Lipinski definition) is 3. The molecule has 0 radical (unpaired) electrons. The van der Waals surface area contributed by atoms with Gasteiger partial charge in [-0.2, -0.15) is 0 Å². The van der Waals surface area contributed by atoms with Crippen molar-refractivity contribution in [1.29, 1.82) is 0 Å². The number of imidazole rings is 1. The lowest BCUT2D eigenvalue weighted by atomic mass is 9.99. The molecular formula is C19H21N3O. The van der Waals surface area contributed by atoms with E-state index in [1.165, 1.54) is 12.8 Å². The highest BCUT2D eigenvalue weighted by Crippen LogP contribution is 2.31. The standard InChI is InChI=1S/C19H21N3O/c1-23-16-8-4-6-14(12-16)18-17-9-2-3-11-22(17)19(21-18)15-7-5-10-20-13-15/h2-4,6,8-9,11-12,15,20H,5,7,10,13H2,1H3. The molecule has 1 N–H and O–H groups in total. The fourth-order valence-electron chi connectivity index (χ4n) is 3.40. The number of pyridine rings is 1. The van der Waals surface area contributed by atoms with Crippen LogP contribution in [0.15, 0.2) is 48.7 Å². The van der Waals surface area contributed by atoms with E-state index in [9.17, 15) is 0 Å². The van der Waals surface area contributed by atoms with E-state index in [1.807, 2.05) is 12.1 Å². The lowest BCUT2D eigenvalue weighted by Crippen LogP contribution is -2.29. The molecule has 4 nitrogen and oxygen atoms in total. The maximum Gasteiger partial charge on any atom is 0.119 e. The van der Waals surface area contributed by atoms with E-state index < -0.39 is 0 Å². The summed E-state index contributed by atoms with van der Waals surface area (Å²) in [5.74, 6) is 2.49. The zero-order valence-corrected chi connectivity index (χ0v) is 13.3. The topological polar surface area (TPSA) is 38.6 Å². The van der Waals surface area contributed by atoms with Crippen molar-refractivity contribution in [1.82, 2.24) is 14.7 Å². The highest BCUT2D eigenvalue weighted by atomic mass is 16.5. The van der Waals surface area contributed by atoms with Gasteiger partial charge in [0.2, 0.25) is 0 Å². The summed E-state index contributed by atoms with van der Waals surface area (Å²) in [6, 6.07) is 14.4. The minimum atomic E-state index is 0.470. The highest BCUT2D eigenvalue weighted by molar-refractivity contribution is 5.78. The Morgan fingerprint density at radius 2 is 2.17 bits per heavy atom. The third kappa shape index (κ3) is 2.59. The fourth-order valence-corrected chi connectivity index (χ4v) is 3.40. The molecule has 0 aliphatic carbocycles. The number of methoxy groups -OCH3 is 1. The molecular weight excluding hydrogens is 286 g/mol. The molecule has 3 heterocycles. The van der Waals surface area contributed by atoms with Crippen molar-refractivity contribution in [3.8, 4) is 17.0 Å². The molecule has 1 aliphatic heterocycles. The minimum absolute atomic E-state index is 0.470. The average Bonchev–Trinajstić information content (AvgIpc) is 3.02. The zero-order chi connectivity index (χ0) is 15.6. The Morgan fingerprint density at radius 3 is 3.00 bits per heavy atom. The molecule has 1 aliphatic rings. The Hall–Kier alpha value is -2.33. The number of nitrogens with one attached hydrogen (secondary N) is 1. The third-order valence-corrected chi connectivity index (χ3v) is 4.58. The first-order valence-corrected chi connectivity index (χ1v) is 8.19. The van der Waals surface area contributed by atoms with Gasteiger partial charge in [-0.1, -0.05) is 18.2 Å². The van der Waals surface area contributed by atoms with Crippen molar-refractivity contribution in [2.24, 2.45) is 0 Å². The molecule has 0 spiro atoms. The van der Waals surface area contributed by atoms with Crippen LogP contribution in [0.4, 0.5) is 0 Å². The second-order valence-electron chi connectivity index (χ2n) is 6.05. The number of rotatable bonds is 3. The lowest BCUT2D eigenvalue weighted by Gasteiger charge is -2.21. The van der Waals surface area contributed by atoms with E-state index in [1.54, 1.807) is 7.11 Å². The van der Waals surface area contributed by atoms with Gasteiger partial charge < -0.3 is 14.5 Å². The van der Waals surface area contributed by atoms with Gasteiger partial charge >= 0.3 is 0 Å². The van der Waals surface area contributed by atoms with Crippen molar-refractivity contribution in [2.75, 3.05) is 20.2 Å². The zero-order valence-electron chi connectivity index (χ0n) is 13.3. The number of hydrogen-bond donors (Lipinski definition) is 1. The average molecular weight is 307 g/mol. The van der Waals surface area contributed by atoms with Crippen LogP contribution in [-0.4, -0.2) is 29.6 Å². The van der Waals surface area contributed by atoms with Crippen molar-refractivity contribution < 1.29 is 4.74 Å². The van der Waals surface area contributed by atoms with E-state index in [0.29, 0.717) is 5.92 Å². The van der Waals surface area contributed by atoms with Gasteiger partial charge in [-0.15, -0.1) is 0 Å². The van der Waals surface area contributed by atoms with Gasteiger partial charge in [0.15, 0.2) is 0 Å². The molecule has 2 aromatic heterocycles. The Balaban J connectivity index is 1.86. The Kier molecular flexibility index (Phi) is 3.75. The predicted molar refractivity (Wildman–Crippen MR) is 92.0 cm³/mol. The van der Waals surface area contributed by atoms with Crippen LogP contribution in [0.2, 0.25) is 0 Å². The fraction of sp³-hybridized carbons (Fsp3) is 0.316. The summed E-state index contributed by atoms with van der Waals surface area (Å²) in [5, 5.41) is 3.49. The van der Waals surface area contributed by atoms with Crippen molar-refractivity contribution >= 4 is 5.52 Å². The molecule has 1 atom stereocenters. The molecule has 4 heteroatoms. The van der Waals surface area contributed by atoms with Crippen molar-refractivity contribution in [3.63, 3.8) is 0 Å². The number of fused-ring (bicyclic) bond motifs is 1. The highest BCUT2D eigenvalue weighted by Gasteiger charge is 2.22. The minimum Gasteiger partial charge on any atom is -0.497 e. The second-order valence-corrected chi connectivity index (χ2v) is 6.05. The quantitative estimate of drug-likeness (QED) is 0.805. The van der Waals surface area contributed by atoms with Crippen LogP contribution in [0.25, 0.3) is 16.8 Å². The van der Waals surface area contributed by atoms with Gasteiger partial charge in [-0.25, -0.2) is 4.98 Å². The molecule has 3 aromatic rings. The molecule has 118 valence electrons. The molecule has 23 heavy (non-hydrogen) atoms. The van der Waals surface area contributed by atoms with Crippen LogP contribution in [0.1, 0.15) is 24.6 Å². The van der Waals surface area contributed by atoms with Gasteiger partial charge in [0.25, 0.3) is 0 Å². The largest absolute Gasteiger partial charge is 0.497 e. The van der Waals surface area contributed by atoms with Crippen LogP contribution in [0, 0.1) is 0 Å². The first-order chi connectivity index (χ1) is 11.4. The van der Waals surface area contributed by atoms with Gasteiger partial charge in [-0.3, -0.25) is 0 Å². The van der Waals surface area contributed by atoms with Crippen LogP contribution >= 0.6 is 0 Å². The first-order valence-electron chi connectivity index (χ1n) is 8.19. The second kappa shape index (κ2) is 6.05. The van der Waals surface area contributed by atoms with E-state index in [2.05, 4.69) is 46.2 Å². The van der Waals surface area contributed by atoms with Crippen LogP contribution < -0.4 is 10.1 Å². The normalized spacial score (nSPS) is 18.2. The molecule has 0 saturated carbocycles.